The van der Waals surface area contributed by atoms with Crippen molar-refractivity contribution >= 4 is 32.3 Å². The molecule has 2 aromatic carbocycles. The highest BCUT2D eigenvalue weighted by Gasteiger charge is 2.29. The van der Waals surface area contributed by atoms with E-state index in [1.165, 1.54) is 22.6 Å². The van der Waals surface area contributed by atoms with Crippen LogP contribution in [-0.2, 0) is 22.8 Å². The summed E-state index contributed by atoms with van der Waals surface area (Å²) < 4.78 is 43.5. The van der Waals surface area contributed by atoms with Gasteiger partial charge in [0.2, 0.25) is 21.3 Å². The van der Waals surface area contributed by atoms with Crippen LogP contribution in [-0.4, -0.2) is 17.8 Å². The number of pyridine rings is 2. The fourth-order valence-corrected chi connectivity index (χ4v) is 5.56. The van der Waals surface area contributed by atoms with Gasteiger partial charge in [0.05, 0.1) is 11.4 Å². The lowest BCUT2D eigenvalue weighted by Gasteiger charge is -2.13. The van der Waals surface area contributed by atoms with Crippen LogP contribution in [0.4, 0.5) is 10.2 Å². The normalized spacial score (nSPS) is 11.8. The maximum Gasteiger partial charge on any atom is 0.278 e. The number of aryl methyl sites for hydroxylation is 3. The van der Waals surface area contributed by atoms with Gasteiger partial charge < -0.3 is 5.73 Å². The minimum Gasteiger partial charge on any atom is -0.317 e. The summed E-state index contributed by atoms with van der Waals surface area (Å²) in [5.41, 5.74) is 8.64. The molecular weight excluding hydrogens is 467 g/mol. The van der Waals surface area contributed by atoms with Crippen LogP contribution in [0.1, 0.15) is 11.1 Å². The molecule has 5 aromatic rings. The molecule has 0 spiro atoms. The number of nitrogens with two attached hydrogens (primary N) is 1. The zero-order valence-electron chi connectivity index (χ0n) is 18.8. The van der Waals surface area contributed by atoms with Gasteiger partial charge in [0.25, 0.3) is 11.2 Å². The lowest BCUT2D eigenvalue weighted by atomic mass is 10.1. The highest BCUT2D eigenvalue weighted by atomic mass is 32.2. The average molecular weight is 490 g/mol. The maximum atomic E-state index is 13.5. The molecule has 0 saturated carbocycles. The summed E-state index contributed by atoms with van der Waals surface area (Å²) in [7, 11) is -4.15. The van der Waals surface area contributed by atoms with Crippen molar-refractivity contribution in [2.75, 3.05) is 5.73 Å². The van der Waals surface area contributed by atoms with Crippen molar-refractivity contribution in [3.05, 3.63) is 106 Å². The summed E-state index contributed by atoms with van der Waals surface area (Å²) in [6.07, 6.45) is 2.13. The molecule has 0 aliphatic rings. The molecule has 176 valence electrons. The minimum absolute atomic E-state index is 0.0393. The lowest BCUT2D eigenvalue weighted by Crippen LogP contribution is -2.42. The number of rotatable bonds is 5. The van der Waals surface area contributed by atoms with Crippen LogP contribution in [0.15, 0.2) is 93.6 Å². The second-order valence-corrected chi connectivity index (χ2v) is 10.2. The Morgan fingerprint density at radius 3 is 2.46 bits per heavy atom. The van der Waals surface area contributed by atoms with Gasteiger partial charge >= 0.3 is 0 Å². The standard InChI is InChI=1S/C26H21FN4O3S/c1-17-6-5-14-31-24(17)29-25-21(26(31)32)16-22(35(33,34)20-11-9-19(27)10-12-20)23(28)30(25)15-13-18-7-3-2-4-8-18/h2-12,14,16,28H,13,15H2,1H3/p+1. The molecule has 0 radical (unpaired) electrons. The molecule has 0 atom stereocenters. The van der Waals surface area contributed by atoms with Gasteiger partial charge in [0.15, 0.2) is 0 Å². The van der Waals surface area contributed by atoms with Gasteiger partial charge in [-0.05, 0) is 48.9 Å². The van der Waals surface area contributed by atoms with Gasteiger partial charge in [0.1, 0.15) is 16.1 Å². The third-order valence-corrected chi connectivity index (χ3v) is 7.82. The number of benzene rings is 2. The van der Waals surface area contributed by atoms with Gasteiger partial charge in [-0.15, -0.1) is 0 Å². The summed E-state index contributed by atoms with van der Waals surface area (Å²) in [6.45, 7) is 2.15. The lowest BCUT2D eigenvalue weighted by molar-refractivity contribution is -0.659. The molecule has 0 aliphatic carbocycles. The number of nitrogens with zero attached hydrogens (tertiary/aromatic N) is 3. The van der Waals surface area contributed by atoms with E-state index < -0.39 is 21.2 Å². The zero-order valence-corrected chi connectivity index (χ0v) is 19.7. The minimum atomic E-state index is -4.15. The average Bonchev–Trinajstić information content (AvgIpc) is 2.85. The predicted octanol–water partition coefficient (Wildman–Crippen LogP) is 3.24. The molecule has 7 nitrogen and oxygen atoms in total. The smallest absolute Gasteiger partial charge is 0.278 e. The molecule has 0 fully saturated rings. The predicted molar refractivity (Wildman–Crippen MR) is 130 cm³/mol. The fourth-order valence-electron chi connectivity index (χ4n) is 4.15. The Labute approximate surface area is 200 Å². The van der Waals surface area contributed by atoms with Gasteiger partial charge in [0, 0.05) is 18.2 Å². The van der Waals surface area contributed by atoms with E-state index in [-0.39, 0.29) is 21.0 Å². The quantitative estimate of drug-likeness (QED) is 0.232. The number of aromatic nitrogens is 3. The molecule has 5 rings (SSSR count). The highest BCUT2D eigenvalue weighted by molar-refractivity contribution is 7.91. The summed E-state index contributed by atoms with van der Waals surface area (Å²) >= 11 is 0. The number of nitrogen functional groups attached to an aromatic ring is 1. The highest BCUT2D eigenvalue weighted by Crippen LogP contribution is 2.26. The number of fused-ring (bicyclic) bond motifs is 2. The first-order chi connectivity index (χ1) is 16.8. The number of halogens is 1. The SMILES string of the molecule is Cc1cccn2c(=O)c3cc(S(=O)(=O)c4ccc(F)cc4)c(N)[n+](CCc4ccccc4)c3nc12. The van der Waals surface area contributed by atoms with Gasteiger partial charge in [-0.1, -0.05) is 41.4 Å². The van der Waals surface area contributed by atoms with Gasteiger partial charge in [-0.2, -0.15) is 0 Å². The van der Waals surface area contributed by atoms with E-state index in [2.05, 4.69) is 0 Å². The molecule has 2 N–H and O–H groups in total. The second-order valence-electron chi connectivity index (χ2n) is 8.28. The van der Waals surface area contributed by atoms with Gasteiger partial charge in [-0.25, -0.2) is 17.4 Å². The molecule has 0 amide bonds. The van der Waals surface area contributed by atoms with Crippen LogP contribution in [0.25, 0.3) is 16.7 Å². The van der Waals surface area contributed by atoms with Crippen LogP contribution in [0, 0.1) is 12.7 Å². The van der Waals surface area contributed by atoms with Crippen molar-refractivity contribution in [3.8, 4) is 0 Å². The third-order valence-electron chi connectivity index (χ3n) is 6.02. The Bertz CT molecular complexity index is 1750. The Kier molecular flexibility index (Phi) is 5.56. The zero-order chi connectivity index (χ0) is 24.7. The van der Waals surface area contributed by atoms with E-state index in [0.29, 0.717) is 24.3 Å². The van der Waals surface area contributed by atoms with Gasteiger partial charge in [-0.3, -0.25) is 9.20 Å². The number of hydrogen-bond acceptors (Lipinski definition) is 5. The summed E-state index contributed by atoms with van der Waals surface area (Å²) in [4.78, 5) is 17.8. The van der Waals surface area contributed by atoms with Crippen molar-refractivity contribution in [1.29, 1.82) is 0 Å². The molecule has 3 aromatic heterocycles. The van der Waals surface area contributed by atoms with Crippen molar-refractivity contribution in [1.82, 2.24) is 9.38 Å². The Hall–Kier alpha value is -4.11. The van der Waals surface area contributed by atoms with Crippen molar-refractivity contribution in [2.24, 2.45) is 0 Å². The monoisotopic (exact) mass is 489 g/mol. The van der Waals surface area contributed by atoms with E-state index in [9.17, 15) is 17.6 Å². The van der Waals surface area contributed by atoms with E-state index in [4.69, 9.17) is 10.7 Å². The Balaban J connectivity index is 1.81. The molecule has 3 heterocycles. The maximum absolute atomic E-state index is 13.5. The summed E-state index contributed by atoms with van der Waals surface area (Å²) in [6, 6.07) is 19.0. The first-order valence-corrected chi connectivity index (χ1v) is 12.4. The van der Waals surface area contributed by atoms with Crippen LogP contribution in [0.3, 0.4) is 0 Å². The van der Waals surface area contributed by atoms with Crippen molar-refractivity contribution in [3.63, 3.8) is 0 Å². The Morgan fingerprint density at radius 2 is 1.74 bits per heavy atom. The Morgan fingerprint density at radius 1 is 1.03 bits per heavy atom. The first-order valence-electron chi connectivity index (χ1n) is 11.0. The first kappa shape index (κ1) is 22.7. The number of hydrogen-bond donors (Lipinski definition) is 1. The molecule has 0 saturated heterocycles. The van der Waals surface area contributed by atoms with Crippen LogP contribution < -0.4 is 15.9 Å². The van der Waals surface area contributed by atoms with Crippen molar-refractivity contribution in [2.45, 2.75) is 29.7 Å². The molecule has 0 bridgehead atoms. The van der Waals surface area contributed by atoms with Crippen LogP contribution in [0.2, 0.25) is 0 Å². The summed E-state index contributed by atoms with van der Waals surface area (Å²) in [5, 5.41) is 0.121. The molecule has 0 aliphatic heterocycles. The molecule has 35 heavy (non-hydrogen) atoms. The third kappa shape index (κ3) is 3.93. The number of sulfone groups is 1. The van der Waals surface area contributed by atoms with E-state index in [1.807, 2.05) is 43.3 Å². The summed E-state index contributed by atoms with van der Waals surface area (Å²) in [5.74, 6) is -0.597. The van der Waals surface area contributed by atoms with E-state index in [1.54, 1.807) is 16.8 Å². The molecular formula is C26H22FN4O3S+. The van der Waals surface area contributed by atoms with Crippen LogP contribution in [0.5, 0.6) is 0 Å². The largest absolute Gasteiger partial charge is 0.317 e. The fraction of sp³-hybridized carbons (Fsp3) is 0.115. The topological polar surface area (TPSA) is 98.4 Å². The molecule has 0 unspecified atom stereocenters. The van der Waals surface area contributed by atoms with Crippen molar-refractivity contribution < 1.29 is 17.4 Å². The molecule has 9 heteroatoms. The van der Waals surface area contributed by atoms with Crippen LogP contribution >= 0.6 is 0 Å². The van der Waals surface area contributed by atoms with E-state index in [0.717, 1.165) is 23.3 Å². The number of anilines is 1. The second kappa shape index (κ2) is 8.59. The van der Waals surface area contributed by atoms with E-state index >= 15 is 0 Å².